The molecule has 0 spiro atoms. The molecule has 0 radical (unpaired) electrons. The summed E-state index contributed by atoms with van der Waals surface area (Å²) in [6.45, 7) is 14.3. The van der Waals surface area contributed by atoms with Crippen molar-refractivity contribution in [1.82, 2.24) is 4.90 Å². The van der Waals surface area contributed by atoms with Crippen LogP contribution < -0.4 is 0 Å². The third kappa shape index (κ3) is 3.81. The molecule has 2 heteroatoms. The highest BCUT2D eigenvalue weighted by atomic mass is 15.2. The maximum absolute atomic E-state index is 9.56. The van der Waals surface area contributed by atoms with Crippen LogP contribution in [0.1, 0.15) is 73.1 Å². The first-order valence-corrected chi connectivity index (χ1v) is 8.93. The zero-order valence-corrected chi connectivity index (χ0v) is 14.8. The van der Waals surface area contributed by atoms with Gasteiger partial charge in [-0.05, 0) is 61.9 Å². The van der Waals surface area contributed by atoms with E-state index < -0.39 is 0 Å². The summed E-state index contributed by atoms with van der Waals surface area (Å²) in [5, 5.41) is 9.56. The van der Waals surface area contributed by atoms with E-state index >= 15 is 0 Å². The van der Waals surface area contributed by atoms with Crippen molar-refractivity contribution in [3.8, 4) is 6.07 Å². The lowest BCUT2D eigenvalue weighted by Gasteiger charge is -2.48. The number of nitriles is 1. The van der Waals surface area contributed by atoms with Crippen molar-refractivity contribution in [3.05, 3.63) is 0 Å². The van der Waals surface area contributed by atoms with Gasteiger partial charge >= 0.3 is 0 Å². The Hall–Kier alpha value is -0.550. The molecule has 2 fully saturated rings. The molecular formula is C19H34N2. The maximum Gasteiger partial charge on any atom is 0.0672 e. The molecule has 1 saturated carbocycles. The quantitative estimate of drug-likeness (QED) is 0.742. The molecule has 120 valence electrons. The van der Waals surface area contributed by atoms with Gasteiger partial charge in [0.1, 0.15) is 0 Å². The van der Waals surface area contributed by atoms with Gasteiger partial charge in [-0.1, -0.05) is 41.0 Å². The van der Waals surface area contributed by atoms with Crippen LogP contribution in [0.15, 0.2) is 0 Å². The second kappa shape index (κ2) is 6.29. The van der Waals surface area contributed by atoms with Crippen LogP contribution in [0, 0.1) is 34.0 Å². The monoisotopic (exact) mass is 290 g/mol. The fourth-order valence-electron chi connectivity index (χ4n) is 4.16. The SMILES string of the molecule is CCC(C)(C)C1CCC(C#N)C(N2CCC(C)(C)CC2)C1. The largest absolute Gasteiger partial charge is 0.299 e. The molecule has 3 unspecified atom stereocenters. The van der Waals surface area contributed by atoms with Crippen molar-refractivity contribution < 1.29 is 0 Å². The molecule has 0 amide bonds. The van der Waals surface area contributed by atoms with Gasteiger partial charge in [0.05, 0.1) is 12.0 Å². The Labute approximate surface area is 131 Å². The van der Waals surface area contributed by atoms with Gasteiger partial charge in [-0.2, -0.15) is 5.26 Å². The topological polar surface area (TPSA) is 27.0 Å². The smallest absolute Gasteiger partial charge is 0.0672 e. The third-order valence-electron chi connectivity index (χ3n) is 6.62. The summed E-state index contributed by atoms with van der Waals surface area (Å²) in [6.07, 6.45) is 7.39. The van der Waals surface area contributed by atoms with Gasteiger partial charge < -0.3 is 0 Å². The predicted molar refractivity (Wildman–Crippen MR) is 88.9 cm³/mol. The highest BCUT2D eigenvalue weighted by molar-refractivity contribution is 5.00. The maximum atomic E-state index is 9.56. The van der Waals surface area contributed by atoms with Crippen molar-refractivity contribution in [2.24, 2.45) is 22.7 Å². The Kier molecular flexibility index (Phi) is 5.03. The molecule has 1 heterocycles. The van der Waals surface area contributed by atoms with Crippen molar-refractivity contribution in [1.29, 1.82) is 5.26 Å². The van der Waals surface area contributed by atoms with E-state index in [-0.39, 0.29) is 5.92 Å². The second-order valence-electron chi connectivity index (χ2n) is 8.86. The summed E-state index contributed by atoms with van der Waals surface area (Å²) in [5.41, 5.74) is 0.920. The summed E-state index contributed by atoms with van der Waals surface area (Å²) in [5.74, 6) is 1.04. The van der Waals surface area contributed by atoms with Crippen LogP contribution in [0.4, 0.5) is 0 Å². The molecule has 2 aliphatic rings. The van der Waals surface area contributed by atoms with Gasteiger partial charge in [0, 0.05) is 6.04 Å². The van der Waals surface area contributed by atoms with E-state index in [2.05, 4.69) is 45.6 Å². The van der Waals surface area contributed by atoms with Gasteiger partial charge in [0.25, 0.3) is 0 Å². The van der Waals surface area contributed by atoms with Crippen LogP contribution in [-0.2, 0) is 0 Å². The van der Waals surface area contributed by atoms with E-state index in [9.17, 15) is 5.26 Å². The summed E-state index contributed by atoms with van der Waals surface area (Å²) < 4.78 is 0. The van der Waals surface area contributed by atoms with E-state index in [1.165, 1.54) is 45.2 Å². The van der Waals surface area contributed by atoms with Crippen LogP contribution in [-0.4, -0.2) is 24.0 Å². The van der Waals surface area contributed by atoms with Gasteiger partial charge in [-0.15, -0.1) is 0 Å². The highest BCUT2D eigenvalue weighted by Gasteiger charge is 2.41. The normalized spacial score (nSPS) is 34.4. The Balaban J connectivity index is 2.06. The Morgan fingerprint density at radius 2 is 1.81 bits per heavy atom. The van der Waals surface area contributed by atoms with E-state index in [1.54, 1.807) is 0 Å². The Morgan fingerprint density at radius 1 is 1.19 bits per heavy atom. The molecule has 0 aromatic heterocycles. The van der Waals surface area contributed by atoms with Crippen molar-refractivity contribution in [3.63, 3.8) is 0 Å². The van der Waals surface area contributed by atoms with Crippen LogP contribution in [0.3, 0.4) is 0 Å². The van der Waals surface area contributed by atoms with E-state index in [0.29, 0.717) is 16.9 Å². The lowest BCUT2D eigenvalue weighted by molar-refractivity contribution is 0.0200. The third-order valence-corrected chi connectivity index (χ3v) is 6.62. The minimum atomic E-state index is 0.259. The summed E-state index contributed by atoms with van der Waals surface area (Å²) >= 11 is 0. The molecule has 1 aliphatic heterocycles. The molecule has 1 aliphatic carbocycles. The average Bonchev–Trinajstić information content (AvgIpc) is 2.46. The second-order valence-corrected chi connectivity index (χ2v) is 8.86. The zero-order chi connectivity index (χ0) is 15.7. The van der Waals surface area contributed by atoms with Gasteiger partial charge in [-0.25, -0.2) is 0 Å². The van der Waals surface area contributed by atoms with E-state index in [0.717, 1.165) is 12.3 Å². The first-order chi connectivity index (χ1) is 9.79. The van der Waals surface area contributed by atoms with Crippen LogP contribution in [0.5, 0.6) is 0 Å². The number of rotatable bonds is 3. The Morgan fingerprint density at radius 3 is 2.33 bits per heavy atom. The number of likely N-dealkylation sites (tertiary alicyclic amines) is 1. The lowest BCUT2D eigenvalue weighted by atomic mass is 9.65. The molecule has 0 bridgehead atoms. The average molecular weight is 290 g/mol. The number of piperidine rings is 1. The van der Waals surface area contributed by atoms with E-state index in [4.69, 9.17) is 0 Å². The molecule has 2 rings (SSSR count). The summed E-state index contributed by atoms with van der Waals surface area (Å²) in [7, 11) is 0. The predicted octanol–water partition coefficient (Wildman–Crippen LogP) is 4.85. The van der Waals surface area contributed by atoms with Crippen LogP contribution in [0.25, 0.3) is 0 Å². The van der Waals surface area contributed by atoms with Gasteiger partial charge in [-0.3, -0.25) is 4.90 Å². The summed E-state index contributed by atoms with van der Waals surface area (Å²) in [4.78, 5) is 2.65. The molecule has 0 aromatic carbocycles. The molecular weight excluding hydrogens is 256 g/mol. The molecule has 2 nitrogen and oxygen atoms in total. The minimum Gasteiger partial charge on any atom is -0.299 e. The molecule has 21 heavy (non-hydrogen) atoms. The molecule has 1 saturated heterocycles. The molecule has 0 aromatic rings. The highest BCUT2D eigenvalue weighted by Crippen LogP contribution is 2.44. The lowest BCUT2D eigenvalue weighted by Crippen LogP contribution is -2.50. The molecule has 3 atom stereocenters. The fraction of sp³-hybridized carbons (Fsp3) is 0.947. The number of hydrogen-bond acceptors (Lipinski definition) is 2. The van der Waals surface area contributed by atoms with Gasteiger partial charge in [0.2, 0.25) is 0 Å². The number of nitrogens with zero attached hydrogens (tertiary/aromatic N) is 2. The Bertz CT molecular complexity index is 381. The first-order valence-electron chi connectivity index (χ1n) is 8.93. The standard InChI is InChI=1S/C19H34N2/c1-6-19(4,5)16-8-7-15(14-20)17(13-16)21-11-9-18(2,3)10-12-21/h15-17H,6-13H2,1-5H3. The van der Waals surface area contributed by atoms with Crippen molar-refractivity contribution >= 4 is 0 Å². The van der Waals surface area contributed by atoms with Crippen LogP contribution in [0.2, 0.25) is 0 Å². The summed E-state index contributed by atoms with van der Waals surface area (Å²) in [6, 6.07) is 3.13. The van der Waals surface area contributed by atoms with Crippen molar-refractivity contribution in [2.75, 3.05) is 13.1 Å². The van der Waals surface area contributed by atoms with Gasteiger partial charge in [0.15, 0.2) is 0 Å². The minimum absolute atomic E-state index is 0.259. The number of hydrogen-bond donors (Lipinski definition) is 0. The fourth-order valence-corrected chi connectivity index (χ4v) is 4.16. The molecule has 0 N–H and O–H groups in total. The van der Waals surface area contributed by atoms with Crippen molar-refractivity contribution in [2.45, 2.75) is 79.2 Å². The van der Waals surface area contributed by atoms with E-state index in [1.807, 2.05) is 0 Å². The first kappa shape index (κ1) is 16.8. The van der Waals surface area contributed by atoms with Crippen LogP contribution >= 0.6 is 0 Å². The zero-order valence-electron chi connectivity index (χ0n) is 14.8.